The standard InChI is InChI=1S/C46H65N3O8/c1-39(2)21-31-30-15-16-33-42(7)19-18-34-43(8,25-54-40(3,4)55-34)32(42)17-20-44(33,9)45(30,10)22-35-46(31,37(36(39)50)57-41(5,6)56-35)26-53-24-28-23-49(48-47-28)29-13-11-27(12-14-29)38(51)52/h11-15,23,31-37,50H,16-22,24-26H2,1-10H3,(H,51,52)/t31-,32?,33?,34-,35+,36-,37-,42-,43+,44+,45+,46-/m0/s1. The van der Waals surface area contributed by atoms with Crippen molar-refractivity contribution >= 4 is 5.97 Å². The van der Waals surface area contributed by atoms with E-state index in [1.165, 1.54) is 5.57 Å². The van der Waals surface area contributed by atoms with E-state index in [4.69, 9.17) is 23.7 Å². The van der Waals surface area contributed by atoms with Crippen LogP contribution in [0.4, 0.5) is 0 Å². The van der Waals surface area contributed by atoms with Gasteiger partial charge in [-0.3, -0.25) is 0 Å². The van der Waals surface area contributed by atoms with E-state index in [1.54, 1.807) is 28.9 Å². The van der Waals surface area contributed by atoms with Crippen LogP contribution in [0.15, 0.2) is 42.1 Å². The van der Waals surface area contributed by atoms with Crippen molar-refractivity contribution in [2.24, 2.45) is 50.2 Å². The molecule has 0 bridgehead atoms. The van der Waals surface area contributed by atoms with Crippen molar-refractivity contribution in [2.75, 3.05) is 13.2 Å². The monoisotopic (exact) mass is 787 g/mol. The maximum atomic E-state index is 12.3. The summed E-state index contributed by atoms with van der Waals surface area (Å²) in [4.78, 5) is 11.4. The molecule has 57 heavy (non-hydrogen) atoms. The molecule has 4 saturated carbocycles. The van der Waals surface area contributed by atoms with Gasteiger partial charge in [-0.05, 0) is 136 Å². The Labute approximate surface area is 338 Å². The predicted molar refractivity (Wildman–Crippen MR) is 212 cm³/mol. The van der Waals surface area contributed by atoms with E-state index in [9.17, 15) is 15.0 Å². The van der Waals surface area contributed by atoms with Gasteiger partial charge in [-0.1, -0.05) is 58.4 Å². The third kappa shape index (κ3) is 5.68. The van der Waals surface area contributed by atoms with Crippen LogP contribution in [0.3, 0.4) is 0 Å². The Balaban J connectivity index is 1.05. The number of rotatable bonds is 6. The van der Waals surface area contributed by atoms with Gasteiger partial charge in [-0.2, -0.15) is 0 Å². The minimum Gasteiger partial charge on any atom is -0.478 e. The van der Waals surface area contributed by atoms with Crippen molar-refractivity contribution in [3.63, 3.8) is 0 Å². The van der Waals surface area contributed by atoms with Crippen LogP contribution in [0, 0.1) is 50.2 Å². The number of aromatic nitrogens is 3. The van der Waals surface area contributed by atoms with Gasteiger partial charge in [0.25, 0.3) is 0 Å². The predicted octanol–water partition coefficient (Wildman–Crippen LogP) is 8.13. The van der Waals surface area contributed by atoms with E-state index < -0.39 is 40.6 Å². The largest absolute Gasteiger partial charge is 0.478 e. The van der Waals surface area contributed by atoms with Crippen molar-refractivity contribution in [1.29, 1.82) is 0 Å². The molecule has 7 aliphatic rings. The number of hydrogen-bond donors (Lipinski definition) is 2. The molecule has 2 unspecified atom stereocenters. The lowest BCUT2D eigenvalue weighted by Gasteiger charge is -2.74. The summed E-state index contributed by atoms with van der Waals surface area (Å²) in [5, 5.41) is 30.3. The Kier molecular flexibility index (Phi) is 8.85. The van der Waals surface area contributed by atoms with Gasteiger partial charge in [0.2, 0.25) is 0 Å². The topological polar surface area (TPSA) is 134 Å². The molecule has 9 rings (SSSR count). The van der Waals surface area contributed by atoms with E-state index in [1.807, 2.05) is 20.0 Å². The molecule has 312 valence electrons. The number of aliphatic hydroxyl groups is 1. The second-order valence-corrected chi connectivity index (χ2v) is 21.7. The molecule has 6 fully saturated rings. The van der Waals surface area contributed by atoms with Crippen molar-refractivity contribution in [3.8, 4) is 5.69 Å². The van der Waals surface area contributed by atoms with Crippen molar-refractivity contribution < 1.29 is 38.7 Å². The number of ether oxygens (including phenoxy) is 5. The number of aliphatic hydroxyl groups excluding tert-OH is 1. The highest BCUT2D eigenvalue weighted by Gasteiger charge is 2.75. The minimum atomic E-state index is -0.974. The Bertz CT molecular complexity index is 1960. The maximum Gasteiger partial charge on any atom is 0.335 e. The van der Waals surface area contributed by atoms with Crippen LogP contribution in [0.5, 0.6) is 0 Å². The SMILES string of the molecule is CC1(C)OC[C@]2(C)C3CC[C@]4(C)C(CC=C5[C@@H]6CC(C)(C)[C@@H](O)[C@@H]7OC(C)(C)O[C@H](C[C@]54C)[C@]67COCc4cn(-c5ccc(C(=O)O)cc5)nn4)[C@@]3(C)CC[C@@H]2O1. The molecule has 1 aromatic carbocycles. The number of aromatic carboxylic acids is 1. The lowest BCUT2D eigenvalue weighted by Crippen LogP contribution is -2.76. The van der Waals surface area contributed by atoms with Gasteiger partial charge in [-0.25, -0.2) is 9.48 Å². The van der Waals surface area contributed by atoms with E-state index in [0.29, 0.717) is 29.8 Å². The Morgan fingerprint density at radius 2 is 1.60 bits per heavy atom. The second-order valence-electron chi connectivity index (χ2n) is 21.7. The molecule has 2 N–H and O–H groups in total. The van der Waals surface area contributed by atoms with Gasteiger partial charge >= 0.3 is 5.97 Å². The molecule has 0 spiro atoms. The average molecular weight is 788 g/mol. The fourth-order valence-electron chi connectivity index (χ4n) is 14.3. The summed E-state index contributed by atoms with van der Waals surface area (Å²) in [6, 6.07) is 6.55. The van der Waals surface area contributed by atoms with Crippen LogP contribution < -0.4 is 0 Å². The Morgan fingerprint density at radius 1 is 0.877 bits per heavy atom. The number of carboxylic acids is 1. The Hall–Kier alpha value is -2.67. The summed E-state index contributed by atoms with van der Waals surface area (Å²) >= 11 is 0. The molecule has 1 aromatic heterocycles. The molecule has 11 heteroatoms. The van der Waals surface area contributed by atoms with Gasteiger partial charge in [0.1, 0.15) is 5.69 Å². The fourth-order valence-corrected chi connectivity index (χ4v) is 14.3. The van der Waals surface area contributed by atoms with Crippen molar-refractivity contribution in [1.82, 2.24) is 15.0 Å². The van der Waals surface area contributed by atoms with Crippen molar-refractivity contribution in [2.45, 2.75) is 157 Å². The van der Waals surface area contributed by atoms with Gasteiger partial charge in [-0.15, -0.1) is 5.10 Å². The number of carboxylic acid groups (broad SMARTS) is 1. The third-order valence-corrected chi connectivity index (χ3v) is 17.3. The number of hydrogen-bond acceptors (Lipinski definition) is 9. The summed E-state index contributed by atoms with van der Waals surface area (Å²) in [6.07, 6.45) is 10.5. The molecule has 0 amide bonds. The van der Waals surface area contributed by atoms with Gasteiger partial charge in [0.05, 0.1) is 67.1 Å². The van der Waals surface area contributed by atoms with Crippen molar-refractivity contribution in [3.05, 3.63) is 53.4 Å². The smallest absolute Gasteiger partial charge is 0.335 e. The summed E-state index contributed by atoms with van der Waals surface area (Å²) in [5.74, 6) is -1.29. The molecule has 3 heterocycles. The van der Waals surface area contributed by atoms with Crippen LogP contribution in [-0.4, -0.2) is 80.4 Å². The molecular weight excluding hydrogens is 723 g/mol. The third-order valence-electron chi connectivity index (χ3n) is 17.3. The molecule has 11 nitrogen and oxygen atoms in total. The van der Waals surface area contributed by atoms with Crippen LogP contribution in [0.25, 0.3) is 5.69 Å². The number of fused-ring (bicyclic) bond motifs is 8. The summed E-state index contributed by atoms with van der Waals surface area (Å²) in [7, 11) is 0. The quantitative estimate of drug-likeness (QED) is 0.277. The molecule has 2 aromatic rings. The molecular formula is C46H65N3O8. The van der Waals surface area contributed by atoms with Crippen LogP contribution in [0.1, 0.15) is 130 Å². The molecule has 2 saturated heterocycles. The zero-order valence-electron chi connectivity index (χ0n) is 35.8. The summed E-state index contributed by atoms with van der Waals surface area (Å²) in [6.45, 7) is 24.1. The first-order chi connectivity index (χ1) is 26.6. The van der Waals surface area contributed by atoms with Gasteiger partial charge in [0.15, 0.2) is 11.6 Å². The fraction of sp³-hybridized carbons (Fsp3) is 0.761. The molecule has 0 radical (unpaired) electrons. The van der Waals surface area contributed by atoms with Crippen LogP contribution in [0.2, 0.25) is 0 Å². The van der Waals surface area contributed by atoms with E-state index in [-0.39, 0.29) is 52.0 Å². The van der Waals surface area contributed by atoms with Gasteiger partial charge in [0, 0.05) is 5.41 Å². The maximum absolute atomic E-state index is 12.3. The molecule has 2 aliphatic heterocycles. The van der Waals surface area contributed by atoms with E-state index >= 15 is 0 Å². The normalized spacial score (nSPS) is 45.0. The number of nitrogens with zero attached hydrogens (tertiary/aromatic N) is 3. The van der Waals surface area contributed by atoms with E-state index in [2.05, 4.69) is 71.8 Å². The summed E-state index contributed by atoms with van der Waals surface area (Å²) < 4.78 is 35.5. The lowest BCUT2D eigenvalue weighted by molar-refractivity contribution is -0.405. The number of benzene rings is 1. The first-order valence-corrected chi connectivity index (χ1v) is 21.5. The first kappa shape index (κ1) is 39.8. The first-order valence-electron chi connectivity index (χ1n) is 21.5. The molecule has 12 atom stereocenters. The molecule has 5 aliphatic carbocycles. The van der Waals surface area contributed by atoms with Gasteiger partial charge < -0.3 is 33.9 Å². The summed E-state index contributed by atoms with van der Waals surface area (Å²) in [5.41, 5.74) is 2.13. The van der Waals surface area contributed by atoms with Crippen LogP contribution in [-0.2, 0) is 30.3 Å². The number of allylic oxidation sites excluding steroid dienone is 2. The minimum absolute atomic E-state index is 0.0191. The average Bonchev–Trinajstić information content (AvgIpc) is 3.60. The number of carbonyl (C=O) groups is 1. The van der Waals surface area contributed by atoms with Crippen LogP contribution >= 0.6 is 0 Å². The zero-order valence-corrected chi connectivity index (χ0v) is 35.8. The zero-order chi connectivity index (χ0) is 40.8. The highest BCUT2D eigenvalue weighted by atomic mass is 16.7. The lowest BCUT2D eigenvalue weighted by atomic mass is 9.33. The Morgan fingerprint density at radius 3 is 2.32 bits per heavy atom. The highest BCUT2D eigenvalue weighted by molar-refractivity contribution is 5.87. The van der Waals surface area contributed by atoms with E-state index in [0.717, 1.165) is 51.6 Å². The highest BCUT2D eigenvalue weighted by Crippen LogP contribution is 2.77. The second kappa shape index (κ2) is 12.7.